The zero-order valence-electron chi connectivity index (χ0n) is 5.78. The van der Waals surface area contributed by atoms with Crippen LogP contribution < -0.4 is 14.5 Å². The molecule has 0 N–H and O–H groups in total. The van der Waals surface area contributed by atoms with Gasteiger partial charge in [0.05, 0.1) is 5.97 Å². The van der Waals surface area contributed by atoms with Crippen LogP contribution in [0.25, 0.3) is 0 Å². The molecule has 69 valence electrons. The molecule has 0 aliphatic heterocycles. The molecule has 0 fully saturated rings. The molecule has 0 saturated heterocycles. The molecule has 0 atom stereocenters. The van der Waals surface area contributed by atoms with Crippen molar-refractivity contribution in [2.24, 2.45) is 0 Å². The van der Waals surface area contributed by atoms with E-state index in [1.165, 1.54) is 12.1 Å². The Labute approximate surface area is 98.7 Å². The van der Waals surface area contributed by atoms with Gasteiger partial charge >= 0.3 is 38.2 Å². The third kappa shape index (κ3) is 5.47. The average molecular weight is 322 g/mol. The Morgan fingerprint density at radius 3 is 1.75 bits per heavy atom. The molecule has 12 heavy (non-hydrogen) atoms. The van der Waals surface area contributed by atoms with Gasteiger partial charge < -0.3 is 19.3 Å². The zero-order chi connectivity index (χ0) is 6.69. The van der Waals surface area contributed by atoms with Crippen molar-refractivity contribution in [3.05, 3.63) is 35.9 Å². The largest absolute Gasteiger partial charge is 3.00 e. The number of carbonyl (C=O) groups excluding carboxylic acids is 1. The van der Waals surface area contributed by atoms with Crippen LogP contribution in [-0.4, -0.2) is 5.97 Å². The third-order valence-electron chi connectivity index (χ3n) is 1.01. The molecule has 0 saturated carbocycles. The van der Waals surface area contributed by atoms with Gasteiger partial charge in [0.25, 0.3) is 0 Å². The molecular formula is C7H5DyF2O2. The minimum atomic E-state index is -1.13. The fraction of sp³-hybridized carbons (Fsp3) is 0. The second kappa shape index (κ2) is 8.92. The molecule has 1 aromatic rings. The quantitative estimate of drug-likeness (QED) is 0.517. The van der Waals surface area contributed by atoms with Crippen LogP contribution in [0.2, 0.25) is 0 Å². The monoisotopic (exact) mass is 323 g/mol. The third-order valence-corrected chi connectivity index (χ3v) is 1.01. The van der Waals surface area contributed by atoms with Gasteiger partial charge in [-0.1, -0.05) is 30.3 Å². The average Bonchev–Trinajstić information content (AvgIpc) is 1.90. The Morgan fingerprint density at radius 2 is 1.50 bits per heavy atom. The summed E-state index contributed by atoms with van der Waals surface area (Å²) in [7, 11) is 0. The van der Waals surface area contributed by atoms with Crippen LogP contribution in [0.5, 0.6) is 0 Å². The second-order valence-electron chi connectivity index (χ2n) is 1.65. The van der Waals surface area contributed by atoms with Crippen molar-refractivity contribution in [1.29, 1.82) is 0 Å². The first-order chi connectivity index (χ1) is 4.30. The van der Waals surface area contributed by atoms with Gasteiger partial charge in [-0.15, -0.1) is 0 Å². The molecule has 0 bridgehead atoms. The maximum absolute atomic E-state index is 10.1. The molecule has 0 spiro atoms. The number of aromatic carboxylic acids is 1. The topological polar surface area (TPSA) is 40.1 Å². The van der Waals surface area contributed by atoms with E-state index in [2.05, 4.69) is 0 Å². The molecule has 1 aromatic carbocycles. The maximum atomic E-state index is 10.1. The summed E-state index contributed by atoms with van der Waals surface area (Å²) in [6.07, 6.45) is 0. The maximum Gasteiger partial charge on any atom is 3.00 e. The van der Waals surface area contributed by atoms with Gasteiger partial charge in [-0.2, -0.15) is 0 Å². The van der Waals surface area contributed by atoms with Gasteiger partial charge in [0, 0.05) is 0 Å². The summed E-state index contributed by atoms with van der Waals surface area (Å²) >= 11 is 0. The summed E-state index contributed by atoms with van der Waals surface area (Å²) in [5.41, 5.74) is 0.220. The minimum absolute atomic E-state index is 0. The predicted octanol–water partition coefficient (Wildman–Crippen LogP) is -5.94. The van der Waals surface area contributed by atoms with Crippen molar-refractivity contribution in [3.63, 3.8) is 0 Å². The first kappa shape index (κ1) is 17.8. The molecule has 0 aromatic heterocycles. The number of halogens is 2. The van der Waals surface area contributed by atoms with Crippen molar-refractivity contribution in [2.75, 3.05) is 0 Å². The molecule has 2 nitrogen and oxygen atoms in total. The van der Waals surface area contributed by atoms with E-state index < -0.39 is 5.97 Å². The predicted molar refractivity (Wildman–Crippen MR) is 30.8 cm³/mol. The van der Waals surface area contributed by atoms with E-state index in [0.29, 0.717) is 0 Å². The van der Waals surface area contributed by atoms with Gasteiger partial charge in [-0.3, -0.25) is 0 Å². The summed E-state index contributed by atoms with van der Waals surface area (Å²) < 4.78 is 0. The van der Waals surface area contributed by atoms with Crippen LogP contribution in [0, 0.1) is 38.2 Å². The van der Waals surface area contributed by atoms with Gasteiger partial charge in [-0.25, -0.2) is 0 Å². The van der Waals surface area contributed by atoms with Crippen LogP contribution >= 0.6 is 0 Å². The van der Waals surface area contributed by atoms with Crippen LogP contribution in [0.15, 0.2) is 30.3 Å². The van der Waals surface area contributed by atoms with Crippen molar-refractivity contribution >= 4 is 5.97 Å². The van der Waals surface area contributed by atoms with E-state index in [0.717, 1.165) is 0 Å². The molecule has 1 radical (unpaired) electrons. The number of benzene rings is 1. The summed E-state index contributed by atoms with van der Waals surface area (Å²) in [6, 6.07) is 8.06. The van der Waals surface area contributed by atoms with Crippen molar-refractivity contribution < 1.29 is 57.5 Å². The number of carboxylic acid groups (broad SMARTS) is 1. The smallest absolute Gasteiger partial charge is 1.00 e. The second-order valence-corrected chi connectivity index (χ2v) is 1.65. The van der Waals surface area contributed by atoms with Crippen LogP contribution in [0.1, 0.15) is 10.4 Å². The van der Waals surface area contributed by atoms with E-state index in [-0.39, 0.29) is 53.1 Å². The van der Waals surface area contributed by atoms with Crippen molar-refractivity contribution in [3.8, 4) is 0 Å². The Bertz CT molecular complexity index is 216. The van der Waals surface area contributed by atoms with E-state index in [1.807, 2.05) is 0 Å². The van der Waals surface area contributed by atoms with E-state index in [1.54, 1.807) is 18.2 Å². The Balaban J connectivity index is -0.000000270. The Hall–Kier alpha value is -0.177. The molecule has 0 unspecified atom stereocenters. The first-order valence-corrected chi connectivity index (χ1v) is 2.57. The number of carbonyl (C=O) groups is 1. The van der Waals surface area contributed by atoms with Gasteiger partial charge in [0.2, 0.25) is 0 Å². The van der Waals surface area contributed by atoms with Crippen LogP contribution in [0.3, 0.4) is 0 Å². The van der Waals surface area contributed by atoms with Crippen molar-refractivity contribution in [1.82, 2.24) is 0 Å². The Kier molecular flexibility index (Phi) is 13.2. The number of rotatable bonds is 1. The molecule has 0 aliphatic carbocycles. The van der Waals surface area contributed by atoms with E-state index in [9.17, 15) is 9.90 Å². The summed E-state index contributed by atoms with van der Waals surface area (Å²) in [4.78, 5) is 10.1. The molecule has 0 amide bonds. The standard InChI is InChI=1S/C7H6O2.Dy.2FH/c8-7(9)6-4-2-1-3-5-6;;;/h1-5H,(H,8,9);;2*1H/q;+3;;/p-3. The van der Waals surface area contributed by atoms with E-state index in [4.69, 9.17) is 0 Å². The van der Waals surface area contributed by atoms with Gasteiger partial charge in [-0.05, 0) is 5.56 Å². The molecule has 0 aliphatic rings. The zero-order valence-corrected chi connectivity index (χ0v) is 7.80. The SMILES string of the molecule is O=C([O-])c1ccccc1.[Dy+3].[F-].[F-]. The van der Waals surface area contributed by atoms with Gasteiger partial charge in [0.15, 0.2) is 0 Å². The summed E-state index contributed by atoms with van der Waals surface area (Å²) in [6.45, 7) is 0. The molecule has 0 heterocycles. The number of hydrogen-bond donors (Lipinski definition) is 0. The van der Waals surface area contributed by atoms with Gasteiger partial charge in [0.1, 0.15) is 0 Å². The number of hydrogen-bond acceptors (Lipinski definition) is 2. The van der Waals surface area contributed by atoms with Crippen LogP contribution in [0.4, 0.5) is 0 Å². The number of carboxylic acids is 1. The fourth-order valence-electron chi connectivity index (χ4n) is 0.574. The van der Waals surface area contributed by atoms with Crippen molar-refractivity contribution in [2.45, 2.75) is 0 Å². The molecule has 1 rings (SSSR count). The minimum Gasteiger partial charge on any atom is -1.00 e. The fourth-order valence-corrected chi connectivity index (χ4v) is 0.574. The normalized spacial score (nSPS) is 6.67. The van der Waals surface area contributed by atoms with E-state index >= 15 is 0 Å². The molecular weight excluding hydrogens is 317 g/mol. The summed E-state index contributed by atoms with van der Waals surface area (Å²) in [5.74, 6) is -1.13. The van der Waals surface area contributed by atoms with Crippen LogP contribution in [-0.2, 0) is 0 Å². The molecule has 5 heteroatoms. The first-order valence-electron chi connectivity index (χ1n) is 2.57. The summed E-state index contributed by atoms with van der Waals surface area (Å²) in [5, 5.41) is 10.1. The Morgan fingerprint density at radius 1 is 1.08 bits per heavy atom.